The van der Waals surface area contributed by atoms with Gasteiger partial charge >= 0.3 is 11.9 Å². The number of carbonyl (C=O) groups is 2. The van der Waals surface area contributed by atoms with E-state index in [9.17, 15) is 9.59 Å². The predicted octanol–water partition coefficient (Wildman–Crippen LogP) is 2.11. The Morgan fingerprint density at radius 1 is 0.811 bits per heavy atom. The molecule has 2 heterocycles. The van der Waals surface area contributed by atoms with Crippen LogP contribution in [0.4, 0.5) is 0 Å². The van der Waals surface area contributed by atoms with Crippen LogP contribution in [-0.4, -0.2) is 82.1 Å². The van der Waals surface area contributed by atoms with Gasteiger partial charge in [-0.1, -0.05) is 60.7 Å². The SMILES string of the molecule is COCO[C@H]1[C@H](OCc2ccccc2)[C@@H](COCc2ccccc2)N2O[C@@H](C(=O)OC)[C@@H](C(=O)OC)[C@H]12. The third-order valence-corrected chi connectivity index (χ3v) is 6.56. The van der Waals surface area contributed by atoms with E-state index < -0.39 is 48.3 Å². The van der Waals surface area contributed by atoms with Crippen molar-refractivity contribution in [2.45, 2.75) is 43.6 Å². The van der Waals surface area contributed by atoms with E-state index in [1.807, 2.05) is 60.7 Å². The van der Waals surface area contributed by atoms with Crippen molar-refractivity contribution in [2.75, 3.05) is 34.7 Å². The number of rotatable bonds is 12. The minimum Gasteiger partial charge on any atom is -0.469 e. The van der Waals surface area contributed by atoms with Gasteiger partial charge in [0, 0.05) is 7.11 Å². The maximum Gasteiger partial charge on any atom is 0.338 e. The lowest BCUT2D eigenvalue weighted by atomic mass is 9.90. The standard InChI is InChI=1S/C27H33NO9/c1-31-17-36-25-22-21(26(29)32-2)24(27(30)33-3)37-28(22)20(16-34-14-18-10-6-4-7-11-18)23(25)35-15-19-12-8-5-9-13-19/h4-13,20-25H,14-17H2,1-3H3/t20-,21+,22-,23-,24-,25-/m1/s1. The quantitative estimate of drug-likeness (QED) is 0.309. The molecule has 2 saturated heterocycles. The summed E-state index contributed by atoms with van der Waals surface area (Å²) in [6, 6.07) is 18.3. The Labute approximate surface area is 216 Å². The molecule has 6 atom stereocenters. The zero-order valence-corrected chi connectivity index (χ0v) is 21.2. The number of hydroxylamine groups is 2. The van der Waals surface area contributed by atoms with Gasteiger partial charge in [-0.2, -0.15) is 5.06 Å². The second kappa shape index (κ2) is 13.1. The topological polar surface area (TPSA) is 102 Å². The Hall–Kier alpha value is -2.86. The number of carbonyl (C=O) groups excluding carboxylic acids is 2. The van der Waals surface area contributed by atoms with Crippen molar-refractivity contribution in [3.05, 3.63) is 71.8 Å². The molecule has 0 aliphatic carbocycles. The van der Waals surface area contributed by atoms with Crippen molar-refractivity contribution >= 4 is 11.9 Å². The van der Waals surface area contributed by atoms with Crippen LogP contribution in [0.15, 0.2) is 60.7 Å². The summed E-state index contributed by atoms with van der Waals surface area (Å²) >= 11 is 0. The molecule has 2 aromatic carbocycles. The van der Waals surface area contributed by atoms with Gasteiger partial charge in [0.05, 0.1) is 46.1 Å². The minimum absolute atomic E-state index is 0.0470. The summed E-state index contributed by atoms with van der Waals surface area (Å²) in [5.74, 6) is -2.29. The van der Waals surface area contributed by atoms with Crippen LogP contribution in [0.1, 0.15) is 11.1 Å². The first-order valence-electron chi connectivity index (χ1n) is 12.1. The van der Waals surface area contributed by atoms with Crippen molar-refractivity contribution in [3.63, 3.8) is 0 Å². The average Bonchev–Trinajstić information content (AvgIpc) is 3.46. The third kappa shape index (κ3) is 6.18. The van der Waals surface area contributed by atoms with E-state index in [1.165, 1.54) is 21.3 Å². The molecule has 0 aromatic heterocycles. The molecule has 2 aromatic rings. The van der Waals surface area contributed by atoms with Gasteiger partial charge in [0.2, 0.25) is 0 Å². The van der Waals surface area contributed by atoms with Gasteiger partial charge < -0.3 is 28.4 Å². The molecule has 0 saturated carbocycles. The Kier molecular flexibility index (Phi) is 9.62. The third-order valence-electron chi connectivity index (χ3n) is 6.56. The molecule has 2 fully saturated rings. The van der Waals surface area contributed by atoms with Gasteiger partial charge in [-0.05, 0) is 11.1 Å². The van der Waals surface area contributed by atoms with Crippen LogP contribution < -0.4 is 0 Å². The second-order valence-corrected chi connectivity index (χ2v) is 8.82. The molecular formula is C27H33NO9. The lowest BCUT2D eigenvalue weighted by Crippen LogP contribution is -2.47. The molecule has 200 valence electrons. The monoisotopic (exact) mass is 515 g/mol. The molecule has 4 rings (SSSR count). The van der Waals surface area contributed by atoms with E-state index in [-0.39, 0.29) is 13.4 Å². The fourth-order valence-electron chi connectivity index (χ4n) is 4.87. The van der Waals surface area contributed by atoms with Crippen molar-refractivity contribution in [3.8, 4) is 0 Å². The number of hydrogen-bond acceptors (Lipinski definition) is 10. The average molecular weight is 516 g/mol. The van der Waals surface area contributed by atoms with Gasteiger partial charge in [-0.15, -0.1) is 0 Å². The smallest absolute Gasteiger partial charge is 0.338 e. The minimum atomic E-state index is -1.19. The highest BCUT2D eigenvalue weighted by Gasteiger charge is 2.64. The fourth-order valence-corrected chi connectivity index (χ4v) is 4.87. The zero-order chi connectivity index (χ0) is 26.2. The lowest BCUT2D eigenvalue weighted by molar-refractivity contribution is -0.208. The van der Waals surface area contributed by atoms with E-state index in [4.69, 9.17) is 33.3 Å². The largest absolute Gasteiger partial charge is 0.469 e. The van der Waals surface area contributed by atoms with Crippen LogP contribution in [0, 0.1) is 5.92 Å². The highest BCUT2D eigenvalue weighted by Crippen LogP contribution is 2.43. The lowest BCUT2D eigenvalue weighted by Gasteiger charge is -2.29. The van der Waals surface area contributed by atoms with Crippen molar-refractivity contribution in [1.82, 2.24) is 5.06 Å². The normalized spacial score (nSPS) is 27.1. The van der Waals surface area contributed by atoms with Gasteiger partial charge in [-0.3, -0.25) is 9.63 Å². The first-order chi connectivity index (χ1) is 18.1. The van der Waals surface area contributed by atoms with Gasteiger partial charge in [0.1, 0.15) is 24.9 Å². The first-order valence-corrected chi connectivity index (χ1v) is 12.1. The van der Waals surface area contributed by atoms with E-state index in [0.717, 1.165) is 11.1 Å². The van der Waals surface area contributed by atoms with Crippen molar-refractivity contribution in [2.24, 2.45) is 5.92 Å². The van der Waals surface area contributed by atoms with Gasteiger partial charge in [0.15, 0.2) is 6.10 Å². The molecular weight excluding hydrogens is 482 g/mol. The Bertz CT molecular complexity index is 1010. The zero-order valence-electron chi connectivity index (χ0n) is 21.2. The maximum absolute atomic E-state index is 12.9. The molecule has 2 aliphatic rings. The summed E-state index contributed by atoms with van der Waals surface area (Å²) in [7, 11) is 4.02. The van der Waals surface area contributed by atoms with E-state index >= 15 is 0 Å². The molecule has 0 N–H and O–H groups in total. The number of methoxy groups -OCH3 is 3. The number of benzene rings is 2. The van der Waals surface area contributed by atoms with Crippen LogP contribution in [0.25, 0.3) is 0 Å². The molecule has 0 radical (unpaired) electrons. The number of nitrogens with zero attached hydrogens (tertiary/aromatic N) is 1. The van der Waals surface area contributed by atoms with Crippen LogP contribution >= 0.6 is 0 Å². The van der Waals surface area contributed by atoms with Crippen molar-refractivity contribution in [1.29, 1.82) is 0 Å². The van der Waals surface area contributed by atoms with Crippen LogP contribution in [-0.2, 0) is 56.1 Å². The highest BCUT2D eigenvalue weighted by atomic mass is 16.7. The van der Waals surface area contributed by atoms with Crippen LogP contribution in [0.5, 0.6) is 0 Å². The molecule has 0 spiro atoms. The summed E-state index contributed by atoms with van der Waals surface area (Å²) in [5, 5.41) is 1.59. The van der Waals surface area contributed by atoms with E-state index in [2.05, 4.69) is 0 Å². The summed E-state index contributed by atoms with van der Waals surface area (Å²) in [6.45, 7) is 0.817. The van der Waals surface area contributed by atoms with Gasteiger partial charge in [0.25, 0.3) is 0 Å². The molecule has 37 heavy (non-hydrogen) atoms. The maximum atomic E-state index is 12.9. The molecule has 2 aliphatic heterocycles. The fraction of sp³-hybridized carbons (Fsp3) is 0.481. The van der Waals surface area contributed by atoms with Crippen LogP contribution in [0.2, 0.25) is 0 Å². The molecule has 0 bridgehead atoms. The Morgan fingerprint density at radius 3 is 2.03 bits per heavy atom. The Balaban J connectivity index is 1.62. The second-order valence-electron chi connectivity index (χ2n) is 8.82. The number of ether oxygens (including phenoxy) is 6. The number of esters is 2. The molecule has 0 unspecified atom stereocenters. The predicted molar refractivity (Wildman–Crippen MR) is 130 cm³/mol. The first kappa shape index (κ1) is 27.2. The Morgan fingerprint density at radius 2 is 1.43 bits per heavy atom. The summed E-state index contributed by atoms with van der Waals surface area (Å²) < 4.78 is 33.7. The number of hydrogen-bond donors (Lipinski definition) is 0. The van der Waals surface area contributed by atoms with Crippen LogP contribution in [0.3, 0.4) is 0 Å². The summed E-state index contributed by atoms with van der Waals surface area (Å²) in [6.07, 6.45) is -2.45. The molecule has 10 nitrogen and oxygen atoms in total. The van der Waals surface area contributed by atoms with E-state index in [1.54, 1.807) is 5.06 Å². The number of fused-ring (bicyclic) bond motifs is 1. The molecule has 0 amide bonds. The van der Waals surface area contributed by atoms with E-state index in [0.29, 0.717) is 13.2 Å². The summed E-state index contributed by atoms with van der Waals surface area (Å²) in [4.78, 5) is 31.5. The highest BCUT2D eigenvalue weighted by molar-refractivity contribution is 5.85. The summed E-state index contributed by atoms with van der Waals surface area (Å²) in [5.41, 5.74) is 1.98. The van der Waals surface area contributed by atoms with Gasteiger partial charge in [-0.25, -0.2) is 4.79 Å². The molecule has 10 heteroatoms. The van der Waals surface area contributed by atoms with Crippen molar-refractivity contribution < 1.29 is 42.8 Å².